The summed E-state index contributed by atoms with van der Waals surface area (Å²) >= 11 is 0. The molecule has 0 bridgehead atoms. The molecule has 156 valence electrons. The quantitative estimate of drug-likeness (QED) is 0.452. The molecule has 0 radical (unpaired) electrons. The summed E-state index contributed by atoms with van der Waals surface area (Å²) in [6, 6.07) is 8.41. The van der Waals surface area contributed by atoms with Gasteiger partial charge in [-0.3, -0.25) is 9.20 Å². The Bertz CT molecular complexity index is 1190. The van der Waals surface area contributed by atoms with Crippen LogP contribution in [0.4, 0.5) is 0 Å². The topological polar surface area (TPSA) is 76.6 Å². The molecule has 4 aromatic rings. The maximum absolute atomic E-state index is 12.1. The molecule has 0 spiro atoms. The van der Waals surface area contributed by atoms with Gasteiger partial charge in [-0.1, -0.05) is 31.9 Å². The van der Waals surface area contributed by atoms with E-state index in [2.05, 4.69) is 54.5 Å². The summed E-state index contributed by atoms with van der Waals surface area (Å²) in [5.74, 6) is 0.843. The number of nitrogens with zero attached hydrogens (tertiary/aromatic N) is 5. The van der Waals surface area contributed by atoms with E-state index in [-0.39, 0.29) is 5.91 Å². The molecule has 7 heteroatoms. The fourth-order valence-corrected chi connectivity index (χ4v) is 3.59. The van der Waals surface area contributed by atoms with Crippen LogP contribution in [0.15, 0.2) is 36.7 Å². The number of carbonyl (C=O) groups is 1. The summed E-state index contributed by atoms with van der Waals surface area (Å²) < 4.78 is 3.78. The summed E-state index contributed by atoms with van der Waals surface area (Å²) in [5.41, 5.74) is 6.14. The number of aromatic nitrogens is 5. The molecule has 3 heterocycles. The van der Waals surface area contributed by atoms with Gasteiger partial charge in [0.25, 0.3) is 0 Å². The lowest BCUT2D eigenvalue weighted by atomic mass is 10.0. The molecular weight excluding hydrogens is 376 g/mol. The Labute approximate surface area is 176 Å². The van der Waals surface area contributed by atoms with Crippen molar-refractivity contribution in [2.75, 3.05) is 6.54 Å². The molecule has 7 nitrogen and oxygen atoms in total. The van der Waals surface area contributed by atoms with Crippen LogP contribution in [-0.4, -0.2) is 36.7 Å². The lowest BCUT2D eigenvalue weighted by Gasteiger charge is -2.04. The van der Waals surface area contributed by atoms with Crippen molar-refractivity contribution in [3.05, 3.63) is 53.6 Å². The van der Waals surface area contributed by atoms with Gasteiger partial charge in [0.05, 0.1) is 5.69 Å². The van der Waals surface area contributed by atoms with Gasteiger partial charge in [-0.2, -0.15) is 5.10 Å². The highest BCUT2D eigenvalue weighted by Gasteiger charge is 2.14. The fraction of sp³-hybridized carbons (Fsp3) is 0.391. The molecule has 3 aromatic heterocycles. The van der Waals surface area contributed by atoms with Gasteiger partial charge in [-0.15, -0.1) is 10.2 Å². The van der Waals surface area contributed by atoms with Crippen LogP contribution in [0.2, 0.25) is 0 Å². The first-order valence-corrected chi connectivity index (χ1v) is 10.6. The second kappa shape index (κ2) is 8.65. The first kappa shape index (κ1) is 20.1. The van der Waals surface area contributed by atoms with E-state index in [9.17, 15) is 4.79 Å². The summed E-state index contributed by atoms with van der Waals surface area (Å²) in [7, 11) is 0. The van der Waals surface area contributed by atoms with Crippen molar-refractivity contribution in [3.63, 3.8) is 0 Å². The zero-order chi connectivity index (χ0) is 21.1. The minimum atomic E-state index is 0.0605. The van der Waals surface area contributed by atoms with Crippen molar-refractivity contribution in [2.24, 2.45) is 0 Å². The molecule has 1 N–H and O–H groups in total. The number of carbonyl (C=O) groups excluding carboxylic acids is 1. The third-order valence-electron chi connectivity index (χ3n) is 5.57. The minimum absolute atomic E-state index is 0.0605. The number of rotatable bonds is 8. The van der Waals surface area contributed by atoms with Crippen LogP contribution in [0.1, 0.15) is 49.6 Å². The molecular formula is C23H28N6O. The van der Waals surface area contributed by atoms with Crippen molar-refractivity contribution in [1.29, 1.82) is 0 Å². The third kappa shape index (κ3) is 4.06. The van der Waals surface area contributed by atoms with Crippen LogP contribution in [0.5, 0.6) is 0 Å². The van der Waals surface area contributed by atoms with Crippen molar-refractivity contribution in [3.8, 4) is 11.3 Å². The summed E-state index contributed by atoms with van der Waals surface area (Å²) in [5, 5.41) is 16.4. The van der Waals surface area contributed by atoms with Gasteiger partial charge in [0, 0.05) is 37.3 Å². The highest BCUT2D eigenvalue weighted by atomic mass is 16.1. The van der Waals surface area contributed by atoms with Crippen LogP contribution in [0.3, 0.4) is 0 Å². The molecule has 0 aliphatic carbocycles. The van der Waals surface area contributed by atoms with E-state index in [1.807, 2.05) is 27.4 Å². The molecule has 30 heavy (non-hydrogen) atoms. The van der Waals surface area contributed by atoms with E-state index in [1.54, 1.807) is 0 Å². The van der Waals surface area contributed by atoms with Crippen LogP contribution in [0.25, 0.3) is 22.4 Å². The van der Waals surface area contributed by atoms with Gasteiger partial charge in [-0.25, -0.2) is 4.52 Å². The maximum Gasteiger partial charge on any atom is 0.220 e. The van der Waals surface area contributed by atoms with E-state index >= 15 is 0 Å². The molecule has 0 saturated heterocycles. The minimum Gasteiger partial charge on any atom is -0.356 e. The van der Waals surface area contributed by atoms with E-state index in [1.165, 1.54) is 11.1 Å². The molecule has 0 saturated carbocycles. The predicted molar refractivity (Wildman–Crippen MR) is 118 cm³/mol. The smallest absolute Gasteiger partial charge is 0.220 e. The van der Waals surface area contributed by atoms with Crippen LogP contribution >= 0.6 is 0 Å². The Morgan fingerprint density at radius 1 is 1.07 bits per heavy atom. The first-order valence-electron chi connectivity index (χ1n) is 10.6. The average Bonchev–Trinajstić information content (AvgIpc) is 3.35. The van der Waals surface area contributed by atoms with Crippen molar-refractivity contribution < 1.29 is 4.79 Å². The lowest BCUT2D eigenvalue weighted by Crippen LogP contribution is -2.24. The normalized spacial score (nSPS) is 11.4. The number of amides is 1. The van der Waals surface area contributed by atoms with Gasteiger partial charge < -0.3 is 5.32 Å². The van der Waals surface area contributed by atoms with Crippen LogP contribution in [-0.2, 0) is 11.2 Å². The van der Waals surface area contributed by atoms with Crippen LogP contribution in [0, 0.1) is 13.8 Å². The number of hydrogen-bond donors (Lipinski definition) is 1. The third-order valence-corrected chi connectivity index (χ3v) is 5.57. The number of aryl methyl sites for hydroxylation is 3. The highest BCUT2D eigenvalue weighted by Crippen LogP contribution is 2.24. The zero-order valence-corrected chi connectivity index (χ0v) is 17.9. The monoisotopic (exact) mass is 404 g/mol. The second-order valence-electron chi connectivity index (χ2n) is 7.82. The second-order valence-corrected chi connectivity index (χ2v) is 7.82. The molecule has 1 aromatic carbocycles. The Hall–Kier alpha value is -3.22. The van der Waals surface area contributed by atoms with Crippen molar-refractivity contribution in [2.45, 2.75) is 52.9 Å². The molecule has 0 aliphatic rings. The van der Waals surface area contributed by atoms with Gasteiger partial charge >= 0.3 is 0 Å². The summed E-state index contributed by atoms with van der Waals surface area (Å²) in [6.45, 7) is 7.11. The fourth-order valence-electron chi connectivity index (χ4n) is 3.59. The standard InChI is InChI=1S/C23H28N6O/c1-4-5-6-11-24-22(30)10-9-21-25-26-23-20-15-19(27-29(20)13-12-28(21)23)18-8-7-16(2)17(3)14-18/h7-8,12-15H,4-6,9-11H2,1-3H3,(H,24,30). The number of fused-ring (bicyclic) bond motifs is 3. The molecule has 0 atom stereocenters. The Kier molecular flexibility index (Phi) is 5.79. The van der Waals surface area contributed by atoms with E-state index in [0.717, 1.165) is 54.1 Å². The number of unbranched alkanes of at least 4 members (excludes halogenated alkanes) is 2. The number of nitrogens with one attached hydrogen (secondary N) is 1. The Morgan fingerprint density at radius 2 is 1.93 bits per heavy atom. The Balaban J connectivity index is 1.53. The first-order chi connectivity index (χ1) is 14.6. The van der Waals surface area contributed by atoms with Crippen molar-refractivity contribution >= 4 is 17.1 Å². The molecule has 4 rings (SSSR count). The number of hydrogen-bond acceptors (Lipinski definition) is 4. The predicted octanol–water partition coefficient (Wildman–Crippen LogP) is 3.90. The largest absolute Gasteiger partial charge is 0.356 e. The van der Waals surface area contributed by atoms with E-state index in [4.69, 9.17) is 5.10 Å². The van der Waals surface area contributed by atoms with E-state index < -0.39 is 0 Å². The molecule has 0 fully saturated rings. The maximum atomic E-state index is 12.1. The van der Waals surface area contributed by atoms with Crippen molar-refractivity contribution in [1.82, 2.24) is 29.5 Å². The average molecular weight is 405 g/mol. The summed E-state index contributed by atoms with van der Waals surface area (Å²) in [6.07, 6.45) is 8.09. The summed E-state index contributed by atoms with van der Waals surface area (Å²) in [4.78, 5) is 12.1. The van der Waals surface area contributed by atoms with Gasteiger partial charge in [0.15, 0.2) is 5.65 Å². The van der Waals surface area contributed by atoms with E-state index in [0.29, 0.717) is 12.8 Å². The SMILES string of the molecule is CCCCCNC(=O)CCc1nnc2c3cc(-c4ccc(C)c(C)c4)nn3ccn12. The zero-order valence-electron chi connectivity index (χ0n) is 17.9. The van der Waals surface area contributed by atoms with Gasteiger partial charge in [-0.05, 0) is 43.5 Å². The van der Waals surface area contributed by atoms with Gasteiger partial charge in [0.2, 0.25) is 5.91 Å². The molecule has 0 aliphatic heterocycles. The van der Waals surface area contributed by atoms with Gasteiger partial charge in [0.1, 0.15) is 11.3 Å². The number of benzene rings is 1. The molecule has 1 amide bonds. The lowest BCUT2D eigenvalue weighted by molar-refractivity contribution is -0.121. The van der Waals surface area contributed by atoms with Crippen LogP contribution < -0.4 is 5.32 Å². The highest BCUT2D eigenvalue weighted by molar-refractivity contribution is 5.77. The Morgan fingerprint density at radius 3 is 2.73 bits per heavy atom. The molecule has 0 unspecified atom stereocenters.